The van der Waals surface area contributed by atoms with Gasteiger partial charge in [-0.3, -0.25) is 9.59 Å². The molecule has 1 N–H and O–H groups in total. The largest absolute Gasteiger partial charge is 0.463 e. The maximum atomic E-state index is 13.4. The van der Waals surface area contributed by atoms with Gasteiger partial charge in [-0.15, -0.1) is 0 Å². The fourth-order valence-corrected chi connectivity index (χ4v) is 4.10. The lowest BCUT2D eigenvalue weighted by Gasteiger charge is -2.44. The van der Waals surface area contributed by atoms with Crippen LogP contribution >= 0.6 is 0 Å². The number of benzene rings is 1. The SMILES string of the molecule is COCCCN1C(=O)c2ccc(-c3ccco3)n2C[C@@]1(C)C(=O)NCc1ccccc1. The zero-order chi connectivity index (χ0) is 21.8. The van der Waals surface area contributed by atoms with Crippen LogP contribution in [0.4, 0.5) is 0 Å². The van der Waals surface area contributed by atoms with Crippen LogP contribution in [0.1, 0.15) is 29.4 Å². The number of ether oxygens (including phenoxy) is 1. The molecule has 3 aromatic rings. The summed E-state index contributed by atoms with van der Waals surface area (Å²) in [6, 6.07) is 17.1. The van der Waals surface area contributed by atoms with Crippen molar-refractivity contribution in [1.29, 1.82) is 0 Å². The average Bonchev–Trinajstić information content (AvgIpc) is 3.45. The molecule has 2 aromatic heterocycles. The molecule has 1 aliphatic rings. The van der Waals surface area contributed by atoms with Crippen molar-refractivity contribution in [3.05, 3.63) is 72.1 Å². The van der Waals surface area contributed by atoms with Gasteiger partial charge < -0.3 is 23.9 Å². The van der Waals surface area contributed by atoms with Crippen LogP contribution in [0.5, 0.6) is 0 Å². The summed E-state index contributed by atoms with van der Waals surface area (Å²) in [6.45, 7) is 3.52. The number of rotatable bonds is 8. The van der Waals surface area contributed by atoms with Crippen molar-refractivity contribution in [2.45, 2.75) is 32.0 Å². The first-order valence-electron chi connectivity index (χ1n) is 10.4. The number of furan rings is 1. The maximum absolute atomic E-state index is 13.4. The number of carbonyl (C=O) groups excluding carboxylic acids is 2. The number of aromatic nitrogens is 1. The molecule has 3 heterocycles. The lowest BCUT2D eigenvalue weighted by Crippen LogP contribution is -2.64. The minimum atomic E-state index is -1.05. The molecule has 0 bridgehead atoms. The third-order valence-corrected chi connectivity index (χ3v) is 5.80. The van der Waals surface area contributed by atoms with Gasteiger partial charge in [0.25, 0.3) is 5.91 Å². The maximum Gasteiger partial charge on any atom is 0.271 e. The van der Waals surface area contributed by atoms with Crippen LogP contribution in [0.3, 0.4) is 0 Å². The molecule has 7 heteroatoms. The Kier molecular flexibility index (Phi) is 5.95. The highest BCUT2D eigenvalue weighted by Gasteiger charge is 2.47. The molecule has 162 valence electrons. The Morgan fingerprint density at radius 1 is 1.13 bits per heavy atom. The number of carbonyl (C=O) groups is 2. The second-order valence-electron chi connectivity index (χ2n) is 7.91. The Bertz CT molecular complexity index is 1040. The molecule has 2 amide bonds. The van der Waals surface area contributed by atoms with Crippen molar-refractivity contribution < 1.29 is 18.7 Å². The molecule has 1 atom stereocenters. The first-order valence-corrected chi connectivity index (χ1v) is 10.4. The molecule has 1 aliphatic heterocycles. The van der Waals surface area contributed by atoms with Crippen molar-refractivity contribution in [3.63, 3.8) is 0 Å². The summed E-state index contributed by atoms with van der Waals surface area (Å²) in [5.41, 5.74) is 1.29. The van der Waals surface area contributed by atoms with Crippen LogP contribution in [-0.4, -0.2) is 47.1 Å². The van der Waals surface area contributed by atoms with E-state index >= 15 is 0 Å². The van der Waals surface area contributed by atoms with Gasteiger partial charge in [0.05, 0.1) is 18.5 Å². The summed E-state index contributed by atoms with van der Waals surface area (Å²) in [6.07, 6.45) is 2.25. The van der Waals surface area contributed by atoms with Gasteiger partial charge in [-0.2, -0.15) is 0 Å². The summed E-state index contributed by atoms with van der Waals surface area (Å²) in [5, 5.41) is 3.03. The van der Waals surface area contributed by atoms with Gasteiger partial charge >= 0.3 is 0 Å². The fourth-order valence-electron chi connectivity index (χ4n) is 4.10. The van der Waals surface area contributed by atoms with Crippen molar-refractivity contribution in [2.75, 3.05) is 20.3 Å². The summed E-state index contributed by atoms with van der Waals surface area (Å²) in [7, 11) is 1.63. The predicted molar refractivity (Wildman–Crippen MR) is 116 cm³/mol. The van der Waals surface area contributed by atoms with Gasteiger partial charge in [-0.25, -0.2) is 0 Å². The number of methoxy groups -OCH3 is 1. The first kappa shape index (κ1) is 20.9. The molecule has 4 rings (SSSR count). The lowest BCUT2D eigenvalue weighted by atomic mass is 9.94. The van der Waals surface area contributed by atoms with Crippen molar-refractivity contribution in [1.82, 2.24) is 14.8 Å². The van der Waals surface area contributed by atoms with Crippen LogP contribution in [0, 0.1) is 0 Å². The molecular formula is C24H27N3O4. The van der Waals surface area contributed by atoms with E-state index in [9.17, 15) is 9.59 Å². The van der Waals surface area contributed by atoms with Crippen LogP contribution < -0.4 is 5.32 Å². The Labute approximate surface area is 181 Å². The van der Waals surface area contributed by atoms with Gasteiger partial charge in [0, 0.05) is 26.8 Å². The first-order chi connectivity index (χ1) is 15.0. The summed E-state index contributed by atoms with van der Waals surface area (Å²) < 4.78 is 12.6. The minimum absolute atomic E-state index is 0.169. The van der Waals surface area contributed by atoms with Crippen molar-refractivity contribution in [3.8, 4) is 11.5 Å². The second-order valence-corrected chi connectivity index (χ2v) is 7.91. The van der Waals surface area contributed by atoms with Gasteiger partial charge in [-0.05, 0) is 43.2 Å². The molecule has 0 saturated carbocycles. The number of hydrogen-bond acceptors (Lipinski definition) is 4. The fraction of sp³-hybridized carbons (Fsp3) is 0.333. The number of nitrogens with one attached hydrogen (secondary N) is 1. The van der Waals surface area contributed by atoms with Crippen LogP contribution in [0.25, 0.3) is 11.5 Å². The van der Waals surface area contributed by atoms with E-state index in [1.54, 1.807) is 24.3 Å². The highest BCUT2D eigenvalue weighted by molar-refractivity contribution is 6.00. The Morgan fingerprint density at radius 3 is 2.61 bits per heavy atom. The molecule has 1 aromatic carbocycles. The molecular weight excluding hydrogens is 394 g/mol. The van der Waals surface area contributed by atoms with Crippen LogP contribution in [0.2, 0.25) is 0 Å². The van der Waals surface area contributed by atoms with Crippen molar-refractivity contribution >= 4 is 11.8 Å². The topological polar surface area (TPSA) is 76.7 Å². The molecule has 7 nitrogen and oxygen atoms in total. The van der Waals surface area contributed by atoms with E-state index in [0.717, 1.165) is 11.3 Å². The van der Waals surface area contributed by atoms with Crippen LogP contribution in [0.15, 0.2) is 65.3 Å². The van der Waals surface area contributed by atoms with E-state index in [1.807, 2.05) is 60.0 Å². The number of amides is 2. The van der Waals surface area contributed by atoms with E-state index in [0.29, 0.717) is 44.1 Å². The average molecular weight is 421 g/mol. The second kappa shape index (κ2) is 8.81. The predicted octanol–water partition coefficient (Wildman–Crippen LogP) is 3.32. The molecule has 0 unspecified atom stereocenters. The monoisotopic (exact) mass is 421 g/mol. The van der Waals surface area contributed by atoms with Gasteiger partial charge in [0.15, 0.2) is 0 Å². The van der Waals surface area contributed by atoms with E-state index in [1.165, 1.54) is 0 Å². The van der Waals surface area contributed by atoms with E-state index in [-0.39, 0.29) is 11.8 Å². The van der Waals surface area contributed by atoms with E-state index < -0.39 is 5.54 Å². The van der Waals surface area contributed by atoms with E-state index in [2.05, 4.69) is 5.32 Å². The number of fused-ring (bicyclic) bond motifs is 1. The molecule has 0 fully saturated rings. The third-order valence-electron chi connectivity index (χ3n) is 5.80. The van der Waals surface area contributed by atoms with E-state index in [4.69, 9.17) is 9.15 Å². The Hall–Kier alpha value is -3.32. The Balaban J connectivity index is 1.65. The normalized spacial score (nSPS) is 18.1. The number of hydrogen-bond donors (Lipinski definition) is 1. The minimum Gasteiger partial charge on any atom is -0.463 e. The number of nitrogens with zero attached hydrogens (tertiary/aromatic N) is 2. The zero-order valence-corrected chi connectivity index (χ0v) is 17.8. The molecule has 0 saturated heterocycles. The summed E-state index contributed by atoms with van der Waals surface area (Å²) in [5.74, 6) is 0.309. The quantitative estimate of drug-likeness (QED) is 0.566. The van der Waals surface area contributed by atoms with Crippen LogP contribution in [-0.2, 0) is 22.6 Å². The molecule has 0 spiro atoms. The van der Waals surface area contributed by atoms with Gasteiger partial charge in [0.1, 0.15) is 17.0 Å². The molecule has 31 heavy (non-hydrogen) atoms. The third kappa shape index (κ3) is 4.01. The van der Waals surface area contributed by atoms with Crippen molar-refractivity contribution in [2.24, 2.45) is 0 Å². The smallest absolute Gasteiger partial charge is 0.271 e. The molecule has 0 aliphatic carbocycles. The lowest BCUT2D eigenvalue weighted by molar-refractivity contribution is -0.133. The highest BCUT2D eigenvalue weighted by atomic mass is 16.5. The Morgan fingerprint density at radius 2 is 1.90 bits per heavy atom. The van der Waals surface area contributed by atoms with Gasteiger partial charge in [-0.1, -0.05) is 30.3 Å². The standard InChI is InChI=1S/C24H27N3O4/c1-24(23(29)25-16-18-8-4-3-5-9-18)17-26-19(21-10-6-15-31-21)11-12-20(26)22(28)27(24)13-7-14-30-2/h3-6,8-12,15H,7,13-14,16-17H2,1-2H3,(H,25,29)/t24-/m0/s1. The van der Waals surface area contributed by atoms with Gasteiger partial charge in [0.2, 0.25) is 5.91 Å². The zero-order valence-electron chi connectivity index (χ0n) is 17.8. The summed E-state index contributed by atoms with van der Waals surface area (Å²) in [4.78, 5) is 28.6. The highest BCUT2D eigenvalue weighted by Crippen LogP contribution is 2.33. The summed E-state index contributed by atoms with van der Waals surface area (Å²) >= 11 is 0. The molecule has 0 radical (unpaired) electrons.